The summed E-state index contributed by atoms with van der Waals surface area (Å²) in [5.41, 5.74) is 1.91. The Kier molecular flexibility index (Phi) is 3.51. The van der Waals surface area contributed by atoms with Crippen LogP contribution in [0.25, 0.3) is 16.5 Å². The van der Waals surface area contributed by atoms with Gasteiger partial charge in [0.2, 0.25) is 0 Å². The first-order valence-corrected chi connectivity index (χ1v) is 6.91. The van der Waals surface area contributed by atoms with E-state index in [0.717, 1.165) is 5.56 Å². The second-order valence-electron chi connectivity index (χ2n) is 5.09. The van der Waals surface area contributed by atoms with E-state index in [1.54, 1.807) is 12.3 Å². The molecule has 3 aromatic rings. The first-order valence-electron chi connectivity index (χ1n) is 6.91. The number of aryl methyl sites for hydroxylation is 1. The van der Waals surface area contributed by atoms with E-state index >= 15 is 0 Å². The van der Waals surface area contributed by atoms with Crippen LogP contribution in [0.15, 0.2) is 59.5 Å². The molecule has 4 nitrogen and oxygen atoms in total. The van der Waals surface area contributed by atoms with E-state index in [0.29, 0.717) is 22.0 Å². The molecule has 110 valence electrons. The molecule has 0 unspecified atom stereocenters. The first-order chi connectivity index (χ1) is 10.6. The van der Waals surface area contributed by atoms with Crippen LogP contribution in [0, 0.1) is 6.92 Å². The summed E-state index contributed by atoms with van der Waals surface area (Å²) >= 11 is 0. The van der Waals surface area contributed by atoms with E-state index in [2.05, 4.69) is 0 Å². The number of hydrogen-bond acceptors (Lipinski definition) is 3. The van der Waals surface area contributed by atoms with Gasteiger partial charge in [0.05, 0.1) is 12.7 Å². The van der Waals surface area contributed by atoms with Gasteiger partial charge in [0.15, 0.2) is 0 Å². The summed E-state index contributed by atoms with van der Waals surface area (Å²) in [6.45, 7) is 1.92. The van der Waals surface area contributed by atoms with Gasteiger partial charge >= 0.3 is 5.97 Å². The fourth-order valence-electron chi connectivity index (χ4n) is 2.51. The lowest BCUT2D eigenvalue weighted by molar-refractivity contribution is 0.0602. The van der Waals surface area contributed by atoms with E-state index < -0.39 is 5.97 Å². The minimum Gasteiger partial charge on any atom is -0.465 e. The van der Waals surface area contributed by atoms with Crippen LogP contribution < -0.4 is 5.56 Å². The molecular formula is C18H15NO3. The van der Waals surface area contributed by atoms with Crippen LogP contribution in [-0.4, -0.2) is 17.6 Å². The molecule has 0 aliphatic carbocycles. The summed E-state index contributed by atoms with van der Waals surface area (Å²) in [4.78, 5) is 24.8. The lowest BCUT2D eigenvalue weighted by Gasteiger charge is -2.11. The molecule has 1 heterocycles. The zero-order valence-electron chi connectivity index (χ0n) is 12.4. The molecule has 0 spiro atoms. The Morgan fingerprint density at radius 2 is 1.77 bits per heavy atom. The number of rotatable bonds is 2. The van der Waals surface area contributed by atoms with E-state index in [4.69, 9.17) is 4.74 Å². The molecule has 0 saturated carbocycles. The maximum atomic E-state index is 12.7. The number of pyridine rings is 1. The van der Waals surface area contributed by atoms with Crippen LogP contribution in [0.3, 0.4) is 0 Å². The number of nitrogens with zero attached hydrogens (tertiary/aromatic N) is 1. The Balaban J connectivity index is 2.41. The summed E-state index contributed by atoms with van der Waals surface area (Å²) in [5, 5.41) is 1.11. The third-order valence-electron chi connectivity index (χ3n) is 3.61. The van der Waals surface area contributed by atoms with Gasteiger partial charge in [-0.05, 0) is 25.1 Å². The monoisotopic (exact) mass is 293 g/mol. The van der Waals surface area contributed by atoms with Crippen molar-refractivity contribution in [2.45, 2.75) is 6.92 Å². The third kappa shape index (κ3) is 2.29. The molecule has 0 saturated heterocycles. The van der Waals surface area contributed by atoms with Crippen molar-refractivity contribution < 1.29 is 9.53 Å². The van der Waals surface area contributed by atoms with Gasteiger partial charge in [0, 0.05) is 22.7 Å². The number of carbonyl (C=O) groups is 1. The summed E-state index contributed by atoms with van der Waals surface area (Å²) < 4.78 is 6.34. The number of benzene rings is 2. The molecule has 0 fully saturated rings. The van der Waals surface area contributed by atoms with Crippen molar-refractivity contribution in [1.82, 2.24) is 4.57 Å². The molecule has 0 aliphatic heterocycles. The fraction of sp³-hybridized carbons (Fsp3) is 0.111. The number of ether oxygens (including phenoxy) is 1. The maximum absolute atomic E-state index is 12.7. The lowest BCUT2D eigenvalue weighted by atomic mass is 10.0. The summed E-state index contributed by atoms with van der Waals surface area (Å²) in [6, 6.07) is 14.7. The van der Waals surface area contributed by atoms with Gasteiger partial charge in [-0.2, -0.15) is 0 Å². The molecule has 0 amide bonds. The SMILES string of the molecule is COC(=O)c1cn(-c2ccccc2)c(=O)c2ccc(C)cc12. The highest BCUT2D eigenvalue weighted by Crippen LogP contribution is 2.20. The number of methoxy groups -OCH3 is 1. The molecule has 2 aromatic carbocycles. The number of para-hydroxylation sites is 1. The van der Waals surface area contributed by atoms with Gasteiger partial charge in [-0.15, -0.1) is 0 Å². The number of carbonyl (C=O) groups excluding carboxylic acids is 1. The van der Waals surface area contributed by atoms with Crippen molar-refractivity contribution >= 4 is 16.7 Å². The van der Waals surface area contributed by atoms with Crippen LogP contribution in [0.2, 0.25) is 0 Å². The number of aromatic nitrogens is 1. The summed E-state index contributed by atoms with van der Waals surface area (Å²) in [6.07, 6.45) is 1.55. The van der Waals surface area contributed by atoms with Crippen LogP contribution in [-0.2, 0) is 4.74 Å². The van der Waals surface area contributed by atoms with Gasteiger partial charge < -0.3 is 4.74 Å². The van der Waals surface area contributed by atoms with E-state index in [1.165, 1.54) is 11.7 Å². The zero-order chi connectivity index (χ0) is 15.7. The fourth-order valence-corrected chi connectivity index (χ4v) is 2.51. The Labute approximate surface area is 127 Å². The molecule has 0 N–H and O–H groups in total. The lowest BCUT2D eigenvalue weighted by Crippen LogP contribution is -2.21. The largest absolute Gasteiger partial charge is 0.465 e. The second-order valence-corrected chi connectivity index (χ2v) is 5.09. The topological polar surface area (TPSA) is 48.3 Å². The molecule has 1 aromatic heterocycles. The van der Waals surface area contributed by atoms with E-state index in [9.17, 15) is 9.59 Å². The Hall–Kier alpha value is -2.88. The second kappa shape index (κ2) is 5.48. The Bertz CT molecular complexity index is 911. The Morgan fingerprint density at radius 3 is 2.45 bits per heavy atom. The summed E-state index contributed by atoms with van der Waals surface area (Å²) in [5.74, 6) is -0.458. The molecule has 3 rings (SSSR count). The molecule has 0 radical (unpaired) electrons. The highest BCUT2D eigenvalue weighted by molar-refractivity contribution is 6.04. The predicted octanol–water partition coefficient (Wildman–Crippen LogP) is 3.09. The Morgan fingerprint density at radius 1 is 1.05 bits per heavy atom. The minimum atomic E-state index is -0.458. The maximum Gasteiger partial charge on any atom is 0.340 e. The average Bonchev–Trinajstić information content (AvgIpc) is 2.55. The average molecular weight is 293 g/mol. The quantitative estimate of drug-likeness (QED) is 0.682. The molecule has 22 heavy (non-hydrogen) atoms. The van der Waals surface area contributed by atoms with Crippen LogP contribution in [0.5, 0.6) is 0 Å². The smallest absolute Gasteiger partial charge is 0.340 e. The van der Waals surface area contributed by atoms with Crippen molar-refractivity contribution in [3.8, 4) is 5.69 Å². The van der Waals surface area contributed by atoms with Crippen molar-refractivity contribution in [2.24, 2.45) is 0 Å². The molecular weight excluding hydrogens is 278 g/mol. The van der Waals surface area contributed by atoms with E-state index in [-0.39, 0.29) is 5.56 Å². The minimum absolute atomic E-state index is 0.158. The predicted molar refractivity (Wildman–Crippen MR) is 85.6 cm³/mol. The molecule has 0 bridgehead atoms. The number of esters is 1. The van der Waals surface area contributed by atoms with Crippen molar-refractivity contribution in [2.75, 3.05) is 7.11 Å². The van der Waals surface area contributed by atoms with Crippen LogP contribution in [0.1, 0.15) is 15.9 Å². The normalized spacial score (nSPS) is 10.6. The highest BCUT2D eigenvalue weighted by Gasteiger charge is 2.16. The third-order valence-corrected chi connectivity index (χ3v) is 3.61. The van der Waals surface area contributed by atoms with Gasteiger partial charge in [-0.3, -0.25) is 9.36 Å². The highest BCUT2D eigenvalue weighted by atomic mass is 16.5. The molecule has 0 aliphatic rings. The van der Waals surface area contributed by atoms with Crippen molar-refractivity contribution in [3.63, 3.8) is 0 Å². The standard InChI is InChI=1S/C18H15NO3/c1-12-8-9-14-15(10-12)16(18(21)22-2)11-19(17(14)20)13-6-4-3-5-7-13/h3-11H,1-2H3. The van der Waals surface area contributed by atoms with Gasteiger partial charge in [0.25, 0.3) is 5.56 Å². The van der Waals surface area contributed by atoms with Gasteiger partial charge in [0.1, 0.15) is 0 Å². The number of fused-ring (bicyclic) bond motifs is 1. The van der Waals surface area contributed by atoms with Crippen LogP contribution >= 0.6 is 0 Å². The van der Waals surface area contributed by atoms with Gasteiger partial charge in [-0.1, -0.05) is 35.9 Å². The first kappa shape index (κ1) is 14.1. The zero-order valence-corrected chi connectivity index (χ0v) is 12.4. The molecule has 4 heteroatoms. The number of hydrogen-bond donors (Lipinski definition) is 0. The summed E-state index contributed by atoms with van der Waals surface area (Å²) in [7, 11) is 1.34. The molecule has 0 atom stereocenters. The van der Waals surface area contributed by atoms with E-state index in [1.807, 2.05) is 49.4 Å². The van der Waals surface area contributed by atoms with Crippen LogP contribution in [0.4, 0.5) is 0 Å². The van der Waals surface area contributed by atoms with Crippen molar-refractivity contribution in [1.29, 1.82) is 0 Å². The van der Waals surface area contributed by atoms with Gasteiger partial charge in [-0.25, -0.2) is 4.79 Å². The van der Waals surface area contributed by atoms with Crippen molar-refractivity contribution in [3.05, 3.63) is 76.2 Å².